The molecule has 0 aromatic heterocycles. The molecule has 1 aromatic carbocycles. The second kappa shape index (κ2) is 6.10. The van der Waals surface area contributed by atoms with E-state index >= 15 is 0 Å². The molecular formula is C15H20FNO. The quantitative estimate of drug-likeness (QED) is 0.799. The van der Waals surface area contributed by atoms with Gasteiger partial charge in [0.25, 0.3) is 0 Å². The molecule has 0 bridgehead atoms. The number of ketones is 1. The first-order chi connectivity index (χ1) is 8.69. The van der Waals surface area contributed by atoms with Gasteiger partial charge in [0.05, 0.1) is 6.54 Å². The topological polar surface area (TPSA) is 20.3 Å². The van der Waals surface area contributed by atoms with Crippen LogP contribution in [0.25, 0.3) is 0 Å². The highest BCUT2D eigenvalue weighted by Crippen LogP contribution is 2.19. The number of hydrogen-bond acceptors (Lipinski definition) is 2. The fourth-order valence-corrected chi connectivity index (χ4v) is 2.68. The molecule has 0 aliphatic carbocycles. The van der Waals surface area contributed by atoms with Crippen LogP contribution >= 0.6 is 0 Å². The van der Waals surface area contributed by atoms with Crippen LogP contribution in [-0.2, 0) is 11.2 Å². The highest BCUT2D eigenvalue weighted by atomic mass is 19.1. The summed E-state index contributed by atoms with van der Waals surface area (Å²) in [6, 6.07) is 6.77. The Morgan fingerprint density at radius 1 is 1.39 bits per heavy atom. The monoisotopic (exact) mass is 249 g/mol. The van der Waals surface area contributed by atoms with Crippen LogP contribution in [0.5, 0.6) is 0 Å². The van der Waals surface area contributed by atoms with Crippen LogP contribution in [0.4, 0.5) is 4.39 Å². The summed E-state index contributed by atoms with van der Waals surface area (Å²) < 4.78 is 12.8. The molecule has 0 spiro atoms. The average Bonchev–Trinajstić information content (AvgIpc) is 2.79. The van der Waals surface area contributed by atoms with Crippen LogP contribution in [-0.4, -0.2) is 29.8 Å². The summed E-state index contributed by atoms with van der Waals surface area (Å²) in [7, 11) is 0. The van der Waals surface area contributed by atoms with Crippen LogP contribution in [0, 0.1) is 5.82 Å². The molecule has 2 rings (SSSR count). The van der Waals surface area contributed by atoms with Gasteiger partial charge in [-0.2, -0.15) is 0 Å². The van der Waals surface area contributed by atoms with Gasteiger partial charge in [-0.25, -0.2) is 4.39 Å². The molecule has 0 amide bonds. The molecule has 98 valence electrons. The molecule has 0 N–H and O–H groups in total. The maximum atomic E-state index is 12.8. The van der Waals surface area contributed by atoms with Crippen LogP contribution in [0.1, 0.15) is 31.7 Å². The molecular weight excluding hydrogens is 229 g/mol. The zero-order valence-corrected chi connectivity index (χ0v) is 10.9. The summed E-state index contributed by atoms with van der Waals surface area (Å²) in [5, 5.41) is 0. The molecule has 2 nitrogen and oxygen atoms in total. The summed E-state index contributed by atoms with van der Waals surface area (Å²) in [6.45, 7) is 3.75. The lowest BCUT2D eigenvalue weighted by atomic mass is 10.1. The van der Waals surface area contributed by atoms with Crippen molar-refractivity contribution in [2.24, 2.45) is 0 Å². The van der Waals surface area contributed by atoms with Crippen LogP contribution in [0.3, 0.4) is 0 Å². The maximum absolute atomic E-state index is 12.8. The van der Waals surface area contributed by atoms with E-state index in [-0.39, 0.29) is 11.6 Å². The van der Waals surface area contributed by atoms with E-state index in [2.05, 4.69) is 11.8 Å². The summed E-state index contributed by atoms with van der Waals surface area (Å²) in [4.78, 5) is 14.3. The maximum Gasteiger partial charge on any atom is 0.151 e. The number of Topliss-reactive ketones (excluding diaryl/α,β-unsaturated/α-hetero) is 1. The number of benzene rings is 1. The van der Waals surface area contributed by atoms with Crippen molar-refractivity contribution >= 4 is 5.78 Å². The number of nitrogens with zero attached hydrogens (tertiary/aromatic N) is 1. The zero-order valence-electron chi connectivity index (χ0n) is 10.9. The Hall–Kier alpha value is -1.22. The SMILES string of the molecule is CCC1CCCN1CC(=O)Cc1ccc(F)cc1. The predicted molar refractivity (Wildman–Crippen MR) is 70.0 cm³/mol. The number of likely N-dealkylation sites (tertiary alicyclic amines) is 1. The van der Waals surface area contributed by atoms with Crippen molar-refractivity contribution in [1.29, 1.82) is 0 Å². The van der Waals surface area contributed by atoms with Crippen molar-refractivity contribution in [3.63, 3.8) is 0 Å². The van der Waals surface area contributed by atoms with Gasteiger partial charge in [0.15, 0.2) is 5.78 Å². The van der Waals surface area contributed by atoms with E-state index in [0.29, 0.717) is 19.0 Å². The van der Waals surface area contributed by atoms with Gasteiger partial charge >= 0.3 is 0 Å². The minimum Gasteiger partial charge on any atom is -0.298 e. The van der Waals surface area contributed by atoms with Gasteiger partial charge in [0.2, 0.25) is 0 Å². The van der Waals surface area contributed by atoms with Crippen molar-refractivity contribution in [2.75, 3.05) is 13.1 Å². The fraction of sp³-hybridized carbons (Fsp3) is 0.533. The lowest BCUT2D eigenvalue weighted by Crippen LogP contribution is -2.34. The largest absolute Gasteiger partial charge is 0.298 e. The molecule has 1 atom stereocenters. The van der Waals surface area contributed by atoms with Gasteiger partial charge in [-0.05, 0) is 43.5 Å². The molecule has 1 heterocycles. The Morgan fingerprint density at radius 3 is 2.78 bits per heavy atom. The van der Waals surface area contributed by atoms with Gasteiger partial charge in [-0.15, -0.1) is 0 Å². The Labute approximate surface area is 108 Å². The predicted octanol–water partition coefficient (Wildman–Crippen LogP) is 2.81. The van der Waals surface area contributed by atoms with E-state index in [1.807, 2.05) is 0 Å². The van der Waals surface area contributed by atoms with E-state index in [1.165, 1.54) is 25.0 Å². The number of rotatable bonds is 5. The molecule has 1 fully saturated rings. The van der Waals surface area contributed by atoms with Gasteiger partial charge in [0.1, 0.15) is 5.82 Å². The molecule has 1 saturated heterocycles. The zero-order chi connectivity index (χ0) is 13.0. The number of halogens is 1. The molecule has 1 aliphatic rings. The van der Waals surface area contributed by atoms with Gasteiger partial charge in [0, 0.05) is 12.5 Å². The number of carbonyl (C=O) groups is 1. The van der Waals surface area contributed by atoms with E-state index in [9.17, 15) is 9.18 Å². The lowest BCUT2D eigenvalue weighted by Gasteiger charge is -2.22. The van der Waals surface area contributed by atoms with Gasteiger partial charge in [-0.1, -0.05) is 19.1 Å². The second-order valence-electron chi connectivity index (χ2n) is 5.02. The Kier molecular flexibility index (Phi) is 4.48. The van der Waals surface area contributed by atoms with Gasteiger partial charge < -0.3 is 0 Å². The highest BCUT2D eigenvalue weighted by Gasteiger charge is 2.24. The van der Waals surface area contributed by atoms with E-state index < -0.39 is 0 Å². The Morgan fingerprint density at radius 2 is 2.11 bits per heavy atom. The summed E-state index contributed by atoms with van der Waals surface area (Å²) in [5.74, 6) is -0.0289. The first-order valence-corrected chi connectivity index (χ1v) is 6.69. The van der Waals surface area contributed by atoms with Crippen LogP contribution in [0.15, 0.2) is 24.3 Å². The molecule has 1 unspecified atom stereocenters. The molecule has 1 aromatic rings. The fourth-order valence-electron chi connectivity index (χ4n) is 2.68. The third kappa shape index (κ3) is 3.39. The van der Waals surface area contributed by atoms with Crippen molar-refractivity contribution in [1.82, 2.24) is 4.90 Å². The summed E-state index contributed by atoms with van der Waals surface area (Å²) >= 11 is 0. The Balaban J connectivity index is 1.86. The number of carbonyl (C=O) groups excluding carboxylic acids is 1. The van der Waals surface area contributed by atoms with E-state index in [1.54, 1.807) is 12.1 Å². The second-order valence-corrected chi connectivity index (χ2v) is 5.02. The molecule has 0 saturated carbocycles. The first-order valence-electron chi connectivity index (χ1n) is 6.69. The van der Waals surface area contributed by atoms with Crippen molar-refractivity contribution in [2.45, 2.75) is 38.6 Å². The van der Waals surface area contributed by atoms with E-state index in [4.69, 9.17) is 0 Å². The third-order valence-corrected chi connectivity index (χ3v) is 3.66. The molecule has 1 aliphatic heterocycles. The summed E-state index contributed by atoms with van der Waals surface area (Å²) in [5.41, 5.74) is 0.897. The molecule has 18 heavy (non-hydrogen) atoms. The molecule has 0 radical (unpaired) electrons. The number of hydrogen-bond donors (Lipinski definition) is 0. The average molecular weight is 249 g/mol. The smallest absolute Gasteiger partial charge is 0.151 e. The van der Waals surface area contributed by atoms with Crippen LogP contribution < -0.4 is 0 Å². The molecule has 3 heteroatoms. The lowest BCUT2D eigenvalue weighted by molar-refractivity contribution is -0.119. The van der Waals surface area contributed by atoms with E-state index in [0.717, 1.165) is 18.5 Å². The van der Waals surface area contributed by atoms with Crippen LogP contribution in [0.2, 0.25) is 0 Å². The van der Waals surface area contributed by atoms with Gasteiger partial charge in [-0.3, -0.25) is 9.69 Å². The first kappa shape index (κ1) is 13.2. The van der Waals surface area contributed by atoms with Crippen molar-refractivity contribution in [3.8, 4) is 0 Å². The Bertz CT molecular complexity index is 401. The summed E-state index contributed by atoms with van der Waals surface area (Å²) in [6.07, 6.45) is 3.93. The minimum absolute atomic E-state index is 0.224. The highest BCUT2D eigenvalue weighted by molar-refractivity contribution is 5.82. The normalized spacial score (nSPS) is 20.2. The minimum atomic E-state index is -0.253. The third-order valence-electron chi connectivity index (χ3n) is 3.66. The van der Waals surface area contributed by atoms with Crippen molar-refractivity contribution in [3.05, 3.63) is 35.6 Å². The standard InChI is InChI=1S/C15H20FNO/c1-2-14-4-3-9-17(14)11-15(18)10-12-5-7-13(16)8-6-12/h5-8,14H,2-4,9-11H2,1H3. The van der Waals surface area contributed by atoms with Crippen molar-refractivity contribution < 1.29 is 9.18 Å².